The van der Waals surface area contributed by atoms with Crippen LogP contribution >= 0.6 is 0 Å². The van der Waals surface area contributed by atoms with Crippen LogP contribution in [-0.2, 0) is 16.1 Å². The van der Waals surface area contributed by atoms with Crippen molar-refractivity contribution in [3.63, 3.8) is 0 Å². The average molecular weight is 319 g/mol. The van der Waals surface area contributed by atoms with Gasteiger partial charge in [0.2, 0.25) is 0 Å². The lowest BCUT2D eigenvalue weighted by atomic mass is 10.0. The van der Waals surface area contributed by atoms with E-state index in [1.54, 1.807) is 30.3 Å². The fraction of sp³-hybridized carbons (Fsp3) is 0.429. The van der Waals surface area contributed by atoms with Crippen LogP contribution in [0.3, 0.4) is 0 Å². The van der Waals surface area contributed by atoms with Crippen molar-refractivity contribution in [1.29, 1.82) is 0 Å². The lowest BCUT2D eigenvalue weighted by molar-refractivity contribution is -0.174. The van der Waals surface area contributed by atoms with E-state index < -0.39 is 36.6 Å². The fourth-order valence-electron chi connectivity index (χ4n) is 1.62. The van der Waals surface area contributed by atoms with Crippen molar-refractivity contribution in [2.24, 2.45) is 5.92 Å². The van der Waals surface area contributed by atoms with Crippen LogP contribution in [-0.4, -0.2) is 29.4 Å². The minimum absolute atomic E-state index is 0.103. The van der Waals surface area contributed by atoms with Crippen molar-refractivity contribution in [2.45, 2.75) is 32.2 Å². The van der Waals surface area contributed by atoms with Gasteiger partial charge in [0, 0.05) is 0 Å². The van der Waals surface area contributed by atoms with Crippen LogP contribution in [0, 0.1) is 5.92 Å². The zero-order chi connectivity index (χ0) is 16.8. The maximum atomic E-state index is 12.4. The van der Waals surface area contributed by atoms with Gasteiger partial charge < -0.3 is 15.2 Å². The number of alkyl carbamates (subject to hydrolysis) is 1. The van der Waals surface area contributed by atoms with E-state index in [1.165, 1.54) is 0 Å². The second-order valence-corrected chi connectivity index (χ2v) is 4.78. The third-order valence-corrected chi connectivity index (χ3v) is 2.95. The van der Waals surface area contributed by atoms with E-state index >= 15 is 0 Å². The van der Waals surface area contributed by atoms with E-state index in [9.17, 15) is 22.8 Å². The molecule has 0 aliphatic carbocycles. The molecule has 0 spiro atoms. The van der Waals surface area contributed by atoms with Crippen LogP contribution in [0.25, 0.3) is 0 Å². The second-order valence-electron chi connectivity index (χ2n) is 4.78. The van der Waals surface area contributed by atoms with Crippen LogP contribution < -0.4 is 5.32 Å². The molecule has 0 bridgehead atoms. The summed E-state index contributed by atoms with van der Waals surface area (Å²) in [6, 6.07) is 6.92. The van der Waals surface area contributed by atoms with Gasteiger partial charge in [-0.05, 0) is 12.0 Å². The van der Waals surface area contributed by atoms with Gasteiger partial charge >= 0.3 is 18.2 Å². The van der Waals surface area contributed by atoms with E-state index in [0.717, 1.165) is 6.92 Å². The third-order valence-electron chi connectivity index (χ3n) is 2.95. The van der Waals surface area contributed by atoms with Crippen molar-refractivity contribution >= 4 is 12.1 Å². The molecule has 0 saturated carbocycles. The van der Waals surface area contributed by atoms with Gasteiger partial charge in [-0.15, -0.1) is 0 Å². The Bertz CT molecular complexity index is 505. The molecule has 0 saturated heterocycles. The number of amides is 1. The Kier molecular flexibility index (Phi) is 6.21. The van der Waals surface area contributed by atoms with E-state index in [0.29, 0.717) is 5.56 Å². The Morgan fingerprint density at radius 2 is 1.86 bits per heavy atom. The number of benzene rings is 1. The summed E-state index contributed by atoms with van der Waals surface area (Å²) in [5.41, 5.74) is 0.674. The summed E-state index contributed by atoms with van der Waals surface area (Å²) in [4.78, 5) is 22.4. The van der Waals surface area contributed by atoms with Gasteiger partial charge in [-0.25, -0.2) is 9.59 Å². The van der Waals surface area contributed by atoms with E-state index in [1.807, 2.05) is 5.32 Å². The first kappa shape index (κ1) is 17.8. The number of carboxylic acids is 1. The molecular weight excluding hydrogens is 303 g/mol. The minimum atomic E-state index is -4.52. The third kappa shape index (κ3) is 6.02. The number of carbonyl (C=O) groups is 2. The zero-order valence-electron chi connectivity index (χ0n) is 11.8. The molecule has 8 heteroatoms. The van der Waals surface area contributed by atoms with Gasteiger partial charge in [0.1, 0.15) is 12.6 Å². The number of carbonyl (C=O) groups excluding carboxylic acids is 1. The van der Waals surface area contributed by atoms with Crippen molar-refractivity contribution in [1.82, 2.24) is 5.32 Å². The average Bonchev–Trinajstić information content (AvgIpc) is 2.44. The first-order valence-electron chi connectivity index (χ1n) is 6.47. The maximum Gasteiger partial charge on any atom is 0.408 e. The molecule has 0 aliphatic rings. The molecule has 2 N–H and O–H groups in total. The molecule has 0 unspecified atom stereocenters. The van der Waals surface area contributed by atoms with Gasteiger partial charge in [0.25, 0.3) is 0 Å². The van der Waals surface area contributed by atoms with Crippen molar-refractivity contribution in [3.05, 3.63) is 35.9 Å². The lowest BCUT2D eigenvalue weighted by Gasteiger charge is -2.20. The number of alkyl halides is 3. The number of hydrogen-bond acceptors (Lipinski definition) is 3. The monoisotopic (exact) mass is 319 g/mol. The second kappa shape index (κ2) is 7.67. The van der Waals surface area contributed by atoms with E-state index in [-0.39, 0.29) is 6.61 Å². The quantitative estimate of drug-likeness (QED) is 0.845. The smallest absolute Gasteiger partial charge is 0.408 e. The summed E-state index contributed by atoms with van der Waals surface area (Å²) in [7, 11) is 0. The summed E-state index contributed by atoms with van der Waals surface area (Å²) < 4.78 is 42.1. The predicted octanol–water partition coefficient (Wildman–Crippen LogP) is 2.95. The van der Waals surface area contributed by atoms with Crippen LogP contribution in [0.15, 0.2) is 30.3 Å². The first-order chi connectivity index (χ1) is 10.2. The Morgan fingerprint density at radius 1 is 1.27 bits per heavy atom. The topological polar surface area (TPSA) is 75.6 Å². The highest BCUT2D eigenvalue weighted by atomic mass is 19.4. The Balaban J connectivity index is 2.52. The SMILES string of the molecule is C[C@@H](C[C@@H](NC(=O)OCc1ccccc1)C(=O)O)C(F)(F)F. The summed E-state index contributed by atoms with van der Waals surface area (Å²) >= 11 is 0. The number of carboxylic acid groups (broad SMARTS) is 1. The van der Waals surface area contributed by atoms with Crippen LogP contribution in [0.4, 0.5) is 18.0 Å². The summed E-state index contributed by atoms with van der Waals surface area (Å²) in [6.45, 7) is 0.751. The Morgan fingerprint density at radius 3 is 2.36 bits per heavy atom. The van der Waals surface area contributed by atoms with Crippen molar-refractivity contribution in [2.75, 3.05) is 0 Å². The van der Waals surface area contributed by atoms with Crippen molar-refractivity contribution < 1.29 is 32.6 Å². The molecule has 1 amide bonds. The molecule has 5 nitrogen and oxygen atoms in total. The van der Waals surface area contributed by atoms with Crippen LogP contribution in [0.2, 0.25) is 0 Å². The summed E-state index contributed by atoms with van der Waals surface area (Å²) in [5, 5.41) is 10.8. The Labute approximate surface area is 125 Å². The molecular formula is C14H16F3NO4. The number of ether oxygens (including phenoxy) is 1. The highest BCUT2D eigenvalue weighted by molar-refractivity contribution is 5.79. The Hall–Kier alpha value is -2.25. The number of nitrogens with one attached hydrogen (secondary N) is 1. The number of halogens is 3. The number of rotatable bonds is 6. The first-order valence-corrected chi connectivity index (χ1v) is 6.47. The molecule has 0 aliphatic heterocycles. The molecule has 122 valence electrons. The van der Waals surface area contributed by atoms with Gasteiger partial charge in [0.15, 0.2) is 0 Å². The molecule has 0 heterocycles. The molecule has 0 radical (unpaired) electrons. The van der Waals surface area contributed by atoms with E-state index in [4.69, 9.17) is 9.84 Å². The summed E-state index contributed by atoms with van der Waals surface area (Å²) in [6.07, 6.45) is -6.37. The normalized spacial score (nSPS) is 14.0. The van der Waals surface area contributed by atoms with Crippen LogP contribution in [0.1, 0.15) is 18.9 Å². The maximum absolute atomic E-state index is 12.4. The number of aliphatic carboxylic acids is 1. The lowest BCUT2D eigenvalue weighted by Crippen LogP contribution is -2.43. The molecule has 1 rings (SSSR count). The fourth-order valence-corrected chi connectivity index (χ4v) is 1.62. The molecule has 22 heavy (non-hydrogen) atoms. The highest BCUT2D eigenvalue weighted by Gasteiger charge is 2.39. The highest BCUT2D eigenvalue weighted by Crippen LogP contribution is 2.29. The standard InChI is InChI=1S/C14H16F3NO4/c1-9(14(15,16)17)7-11(12(19)20)18-13(21)22-8-10-5-3-2-4-6-10/h2-6,9,11H,7-8H2,1H3,(H,18,21)(H,19,20)/t9-,11+/m0/s1. The largest absolute Gasteiger partial charge is 0.480 e. The molecule has 2 atom stereocenters. The molecule has 0 fully saturated rings. The van der Waals surface area contributed by atoms with Gasteiger partial charge in [-0.3, -0.25) is 0 Å². The molecule has 1 aromatic carbocycles. The minimum Gasteiger partial charge on any atom is -0.480 e. The van der Waals surface area contributed by atoms with Crippen molar-refractivity contribution in [3.8, 4) is 0 Å². The van der Waals surface area contributed by atoms with Gasteiger partial charge in [-0.2, -0.15) is 13.2 Å². The molecule has 1 aromatic rings. The summed E-state index contributed by atoms with van der Waals surface area (Å²) in [5.74, 6) is -3.41. The van der Waals surface area contributed by atoms with Gasteiger partial charge in [-0.1, -0.05) is 37.3 Å². The van der Waals surface area contributed by atoms with Gasteiger partial charge in [0.05, 0.1) is 5.92 Å². The predicted molar refractivity (Wildman–Crippen MR) is 71.0 cm³/mol. The van der Waals surface area contributed by atoms with Crippen LogP contribution in [0.5, 0.6) is 0 Å². The number of hydrogen-bond donors (Lipinski definition) is 2. The molecule has 0 aromatic heterocycles. The van der Waals surface area contributed by atoms with E-state index in [2.05, 4.69) is 0 Å². The zero-order valence-corrected chi connectivity index (χ0v) is 11.8.